The Hall–Kier alpha value is -0.0400. The molecule has 3 unspecified atom stereocenters. The molecule has 1 nitrogen and oxygen atoms in total. The fourth-order valence-corrected chi connectivity index (χ4v) is 3.87. The summed E-state index contributed by atoms with van der Waals surface area (Å²) in [7, 11) is 0. The third-order valence-electron chi connectivity index (χ3n) is 5.57. The summed E-state index contributed by atoms with van der Waals surface area (Å²) in [5.74, 6) is 3.97. The maximum atomic E-state index is 5.67. The molecule has 0 aromatic carbocycles. The highest BCUT2D eigenvalue weighted by Gasteiger charge is 2.23. The summed E-state index contributed by atoms with van der Waals surface area (Å²) in [6, 6.07) is 0. The van der Waals surface area contributed by atoms with E-state index in [2.05, 4.69) is 20.8 Å². The molecular formula is C20H41N. The third-order valence-corrected chi connectivity index (χ3v) is 5.57. The second kappa shape index (κ2) is 11.5. The van der Waals surface area contributed by atoms with Crippen LogP contribution in [0.3, 0.4) is 0 Å². The van der Waals surface area contributed by atoms with Crippen LogP contribution in [0.25, 0.3) is 0 Å². The van der Waals surface area contributed by atoms with E-state index in [1.165, 1.54) is 77.0 Å². The quantitative estimate of drug-likeness (QED) is 0.408. The standard InChI is InChI=1S/C20H41N/c1-4-7-17(3)16-20(14-12-19-10-11-19)13-9-18(5-2)8-6-15-21/h17-20H,4-16,21H2,1-3H3. The minimum Gasteiger partial charge on any atom is -0.330 e. The van der Waals surface area contributed by atoms with Crippen LogP contribution in [0.2, 0.25) is 0 Å². The Morgan fingerprint density at radius 2 is 1.67 bits per heavy atom. The molecule has 1 saturated carbocycles. The smallest absolute Gasteiger partial charge is 0.00772 e. The first-order valence-electron chi connectivity index (χ1n) is 9.89. The molecule has 0 spiro atoms. The Balaban J connectivity index is 2.30. The van der Waals surface area contributed by atoms with Crippen molar-refractivity contribution in [3.8, 4) is 0 Å². The van der Waals surface area contributed by atoms with Crippen molar-refractivity contribution in [2.45, 2.75) is 97.8 Å². The lowest BCUT2D eigenvalue weighted by molar-refractivity contribution is 0.290. The van der Waals surface area contributed by atoms with Gasteiger partial charge in [0, 0.05) is 0 Å². The van der Waals surface area contributed by atoms with E-state index in [4.69, 9.17) is 5.73 Å². The molecule has 2 N–H and O–H groups in total. The molecule has 21 heavy (non-hydrogen) atoms. The van der Waals surface area contributed by atoms with Gasteiger partial charge in [0.2, 0.25) is 0 Å². The van der Waals surface area contributed by atoms with Crippen LogP contribution in [0.5, 0.6) is 0 Å². The fraction of sp³-hybridized carbons (Fsp3) is 1.00. The van der Waals surface area contributed by atoms with Crippen molar-refractivity contribution in [3.63, 3.8) is 0 Å². The number of nitrogens with two attached hydrogens (primary N) is 1. The normalized spacial score (nSPS) is 19.4. The molecule has 1 rings (SSSR count). The van der Waals surface area contributed by atoms with E-state index in [1.54, 1.807) is 0 Å². The molecule has 1 fully saturated rings. The van der Waals surface area contributed by atoms with Gasteiger partial charge in [0.25, 0.3) is 0 Å². The average molecular weight is 296 g/mol. The van der Waals surface area contributed by atoms with Crippen molar-refractivity contribution in [3.05, 3.63) is 0 Å². The first-order valence-corrected chi connectivity index (χ1v) is 9.89. The third kappa shape index (κ3) is 9.55. The predicted octanol–water partition coefficient (Wildman–Crippen LogP) is 6.16. The molecule has 0 aromatic rings. The van der Waals surface area contributed by atoms with Gasteiger partial charge in [0.05, 0.1) is 0 Å². The first-order chi connectivity index (χ1) is 10.2. The second-order valence-electron chi connectivity index (χ2n) is 7.80. The van der Waals surface area contributed by atoms with Gasteiger partial charge in [0.15, 0.2) is 0 Å². The Labute approximate surface area is 134 Å². The van der Waals surface area contributed by atoms with Crippen LogP contribution in [-0.2, 0) is 0 Å². The maximum absolute atomic E-state index is 5.67. The second-order valence-corrected chi connectivity index (χ2v) is 7.80. The van der Waals surface area contributed by atoms with Gasteiger partial charge < -0.3 is 5.73 Å². The van der Waals surface area contributed by atoms with Crippen molar-refractivity contribution in [1.29, 1.82) is 0 Å². The molecule has 1 aliphatic carbocycles. The molecule has 126 valence electrons. The molecule has 3 atom stereocenters. The molecule has 0 bridgehead atoms. The summed E-state index contributed by atoms with van der Waals surface area (Å²) in [5, 5.41) is 0. The maximum Gasteiger partial charge on any atom is -0.00772 e. The zero-order valence-corrected chi connectivity index (χ0v) is 15.1. The lowest BCUT2D eigenvalue weighted by atomic mass is 9.83. The summed E-state index contributed by atoms with van der Waals surface area (Å²) < 4.78 is 0. The highest BCUT2D eigenvalue weighted by molar-refractivity contribution is 4.76. The number of hydrogen-bond donors (Lipinski definition) is 1. The molecule has 1 heteroatoms. The van der Waals surface area contributed by atoms with E-state index in [0.29, 0.717) is 0 Å². The fourth-order valence-electron chi connectivity index (χ4n) is 3.87. The first kappa shape index (κ1) is 19.0. The minimum absolute atomic E-state index is 0.870. The van der Waals surface area contributed by atoms with Gasteiger partial charge in [-0.3, -0.25) is 0 Å². The summed E-state index contributed by atoms with van der Waals surface area (Å²) >= 11 is 0. The zero-order chi connectivity index (χ0) is 15.5. The molecule has 0 radical (unpaired) electrons. The summed E-state index contributed by atoms with van der Waals surface area (Å²) in [5.41, 5.74) is 5.67. The summed E-state index contributed by atoms with van der Waals surface area (Å²) in [6.45, 7) is 8.03. The van der Waals surface area contributed by atoms with E-state index in [1.807, 2.05) is 0 Å². The lowest BCUT2D eigenvalue weighted by Crippen LogP contribution is -2.11. The van der Waals surface area contributed by atoms with Gasteiger partial charge in [-0.05, 0) is 49.5 Å². The highest BCUT2D eigenvalue weighted by atomic mass is 14.5. The van der Waals surface area contributed by atoms with Crippen LogP contribution >= 0.6 is 0 Å². The van der Waals surface area contributed by atoms with Crippen LogP contribution in [0.15, 0.2) is 0 Å². The Morgan fingerprint density at radius 1 is 0.952 bits per heavy atom. The monoisotopic (exact) mass is 295 g/mol. The largest absolute Gasteiger partial charge is 0.330 e. The van der Waals surface area contributed by atoms with Gasteiger partial charge in [-0.15, -0.1) is 0 Å². The van der Waals surface area contributed by atoms with Crippen molar-refractivity contribution in [1.82, 2.24) is 0 Å². The van der Waals surface area contributed by atoms with Gasteiger partial charge in [-0.25, -0.2) is 0 Å². The van der Waals surface area contributed by atoms with Crippen LogP contribution in [-0.4, -0.2) is 6.54 Å². The van der Waals surface area contributed by atoms with Crippen molar-refractivity contribution in [2.24, 2.45) is 29.4 Å². The van der Waals surface area contributed by atoms with E-state index in [9.17, 15) is 0 Å². The lowest BCUT2D eigenvalue weighted by Gasteiger charge is -2.23. The van der Waals surface area contributed by atoms with Crippen LogP contribution in [0.1, 0.15) is 97.8 Å². The molecule has 1 aliphatic rings. The van der Waals surface area contributed by atoms with E-state index in [0.717, 1.165) is 30.2 Å². The average Bonchev–Trinajstić information content (AvgIpc) is 3.29. The summed E-state index contributed by atoms with van der Waals surface area (Å²) in [6.07, 6.45) is 17.2. The topological polar surface area (TPSA) is 26.0 Å². The summed E-state index contributed by atoms with van der Waals surface area (Å²) in [4.78, 5) is 0. The molecule has 0 aliphatic heterocycles. The number of rotatable bonds is 14. The Bertz CT molecular complexity index is 234. The molecule has 0 saturated heterocycles. The zero-order valence-electron chi connectivity index (χ0n) is 15.1. The van der Waals surface area contributed by atoms with Gasteiger partial charge in [-0.2, -0.15) is 0 Å². The molecule has 0 aromatic heterocycles. The van der Waals surface area contributed by atoms with Crippen LogP contribution in [0.4, 0.5) is 0 Å². The van der Waals surface area contributed by atoms with Crippen molar-refractivity contribution in [2.75, 3.05) is 6.54 Å². The van der Waals surface area contributed by atoms with E-state index < -0.39 is 0 Å². The van der Waals surface area contributed by atoms with Gasteiger partial charge in [0.1, 0.15) is 0 Å². The Kier molecular flexibility index (Phi) is 10.4. The molecular weight excluding hydrogens is 254 g/mol. The van der Waals surface area contributed by atoms with Crippen molar-refractivity contribution >= 4 is 0 Å². The minimum atomic E-state index is 0.870. The van der Waals surface area contributed by atoms with Gasteiger partial charge >= 0.3 is 0 Å². The number of hydrogen-bond acceptors (Lipinski definition) is 1. The predicted molar refractivity (Wildman–Crippen MR) is 95.4 cm³/mol. The van der Waals surface area contributed by atoms with Crippen LogP contribution in [0, 0.1) is 23.7 Å². The highest BCUT2D eigenvalue weighted by Crippen LogP contribution is 2.37. The van der Waals surface area contributed by atoms with Crippen molar-refractivity contribution < 1.29 is 0 Å². The molecule has 0 heterocycles. The van der Waals surface area contributed by atoms with Gasteiger partial charge in [-0.1, -0.05) is 78.6 Å². The van der Waals surface area contributed by atoms with Crippen LogP contribution < -0.4 is 5.73 Å². The molecule has 0 amide bonds. The van der Waals surface area contributed by atoms with E-state index in [-0.39, 0.29) is 0 Å². The SMILES string of the molecule is CCCC(C)CC(CCC(CC)CCCN)CCC1CC1. The van der Waals surface area contributed by atoms with E-state index >= 15 is 0 Å². The Morgan fingerprint density at radius 3 is 2.24 bits per heavy atom.